The van der Waals surface area contributed by atoms with E-state index in [0.29, 0.717) is 10.6 Å². The first kappa shape index (κ1) is 16.4. The molecule has 0 aliphatic heterocycles. The summed E-state index contributed by atoms with van der Waals surface area (Å²) in [7, 11) is 0. The van der Waals surface area contributed by atoms with Gasteiger partial charge in [-0.2, -0.15) is 0 Å². The quantitative estimate of drug-likeness (QED) is 0.296. The van der Waals surface area contributed by atoms with Gasteiger partial charge in [-0.3, -0.25) is 14.9 Å². The van der Waals surface area contributed by atoms with Crippen molar-refractivity contribution in [1.82, 2.24) is 0 Å². The zero-order valence-electron chi connectivity index (χ0n) is 11.7. The summed E-state index contributed by atoms with van der Waals surface area (Å²) in [5.74, 6) is -1.34. The van der Waals surface area contributed by atoms with Gasteiger partial charge in [0.15, 0.2) is 12.4 Å². The van der Waals surface area contributed by atoms with Crippen molar-refractivity contribution in [3.05, 3.63) is 68.7 Å². The van der Waals surface area contributed by atoms with Gasteiger partial charge >= 0.3 is 5.97 Å². The minimum Gasteiger partial charge on any atom is -0.454 e. The van der Waals surface area contributed by atoms with Crippen LogP contribution in [0, 0.1) is 10.1 Å². The van der Waals surface area contributed by atoms with Crippen LogP contribution < -0.4 is 5.73 Å². The van der Waals surface area contributed by atoms with E-state index in [0.717, 1.165) is 6.07 Å². The number of nitrogens with zero attached hydrogens (tertiary/aromatic N) is 1. The number of ether oxygens (including phenoxy) is 1. The minimum atomic E-state index is -0.909. The molecule has 0 saturated carbocycles. The Bertz CT molecular complexity index is 774. The van der Waals surface area contributed by atoms with Gasteiger partial charge < -0.3 is 10.5 Å². The van der Waals surface area contributed by atoms with Crippen LogP contribution in [-0.4, -0.2) is 23.3 Å². The number of nitrogens with two attached hydrogens (primary N) is 1. The lowest BCUT2D eigenvalue weighted by molar-refractivity contribution is -0.384. The van der Waals surface area contributed by atoms with Gasteiger partial charge in [-0.15, -0.1) is 0 Å². The standard InChI is InChI=1S/C15H11ClN2O5/c16-10-3-1-9(2-4-10)14(19)8-23-15(20)12-7-11(18(21)22)5-6-13(12)17/h1-7H,8,17H2. The summed E-state index contributed by atoms with van der Waals surface area (Å²) in [6, 6.07) is 9.48. The largest absolute Gasteiger partial charge is 0.454 e. The highest BCUT2D eigenvalue weighted by Gasteiger charge is 2.18. The fourth-order valence-electron chi connectivity index (χ4n) is 1.76. The van der Waals surface area contributed by atoms with Gasteiger partial charge in [0.05, 0.1) is 10.5 Å². The van der Waals surface area contributed by atoms with Crippen LogP contribution in [0.4, 0.5) is 11.4 Å². The van der Waals surface area contributed by atoms with E-state index in [1.54, 1.807) is 0 Å². The lowest BCUT2D eigenvalue weighted by atomic mass is 10.1. The van der Waals surface area contributed by atoms with E-state index in [2.05, 4.69) is 0 Å². The summed E-state index contributed by atoms with van der Waals surface area (Å²) < 4.78 is 4.87. The van der Waals surface area contributed by atoms with Gasteiger partial charge in [0.1, 0.15) is 0 Å². The van der Waals surface area contributed by atoms with Crippen molar-refractivity contribution < 1.29 is 19.2 Å². The van der Waals surface area contributed by atoms with Crippen molar-refractivity contribution >= 4 is 34.7 Å². The van der Waals surface area contributed by atoms with Crippen LogP contribution in [0.25, 0.3) is 0 Å². The molecule has 0 amide bonds. The second kappa shape index (κ2) is 6.89. The third kappa shape index (κ3) is 4.04. The van der Waals surface area contributed by atoms with E-state index in [1.165, 1.54) is 36.4 Å². The predicted molar refractivity (Wildman–Crippen MR) is 83.6 cm³/mol. The number of benzene rings is 2. The summed E-state index contributed by atoms with van der Waals surface area (Å²) in [4.78, 5) is 33.9. The summed E-state index contributed by atoms with van der Waals surface area (Å²) in [5, 5.41) is 11.2. The zero-order chi connectivity index (χ0) is 17.0. The summed E-state index contributed by atoms with van der Waals surface area (Å²) in [6.07, 6.45) is 0. The average Bonchev–Trinajstić information content (AvgIpc) is 2.53. The Labute approximate surface area is 135 Å². The molecule has 118 valence electrons. The lowest BCUT2D eigenvalue weighted by Crippen LogP contribution is -2.15. The second-order valence-electron chi connectivity index (χ2n) is 4.53. The molecule has 0 saturated heterocycles. The molecule has 0 radical (unpaired) electrons. The first-order valence-electron chi connectivity index (χ1n) is 6.38. The number of nitro groups is 1. The van der Waals surface area contributed by atoms with Crippen molar-refractivity contribution in [2.24, 2.45) is 0 Å². The number of anilines is 1. The Morgan fingerprint density at radius 2 is 1.83 bits per heavy atom. The Hall–Kier alpha value is -2.93. The summed E-state index contributed by atoms with van der Waals surface area (Å²) >= 11 is 5.72. The smallest absolute Gasteiger partial charge is 0.340 e. The summed E-state index contributed by atoms with van der Waals surface area (Å²) in [6.45, 7) is -0.511. The molecule has 8 heteroatoms. The fraction of sp³-hybridized carbons (Fsp3) is 0.0667. The number of nitro benzene ring substituents is 1. The number of ketones is 1. The maximum atomic E-state index is 11.9. The molecule has 0 spiro atoms. The topological polar surface area (TPSA) is 113 Å². The maximum Gasteiger partial charge on any atom is 0.340 e. The van der Waals surface area contributed by atoms with Gasteiger partial charge in [0.2, 0.25) is 0 Å². The lowest BCUT2D eigenvalue weighted by Gasteiger charge is -2.06. The monoisotopic (exact) mass is 334 g/mol. The molecule has 0 atom stereocenters. The predicted octanol–water partition coefficient (Wildman–Crippen LogP) is 2.87. The van der Waals surface area contributed by atoms with Crippen molar-refractivity contribution in [3.63, 3.8) is 0 Å². The molecule has 23 heavy (non-hydrogen) atoms. The number of non-ortho nitro benzene ring substituents is 1. The molecule has 0 unspecified atom stereocenters. The molecule has 0 aromatic heterocycles. The molecule has 7 nitrogen and oxygen atoms in total. The van der Waals surface area contributed by atoms with Crippen LogP contribution in [0.3, 0.4) is 0 Å². The molecule has 2 rings (SSSR count). The number of nitrogen functional groups attached to an aromatic ring is 1. The molecule has 0 aliphatic carbocycles. The molecule has 0 heterocycles. The van der Waals surface area contributed by atoms with Crippen LogP contribution >= 0.6 is 11.6 Å². The first-order chi connectivity index (χ1) is 10.9. The SMILES string of the molecule is Nc1ccc([N+](=O)[O-])cc1C(=O)OCC(=O)c1ccc(Cl)cc1. The fourth-order valence-corrected chi connectivity index (χ4v) is 1.89. The second-order valence-corrected chi connectivity index (χ2v) is 4.97. The van der Waals surface area contributed by atoms with Gasteiger partial charge in [-0.1, -0.05) is 11.6 Å². The Kier molecular flexibility index (Phi) is 4.92. The molecule has 0 bridgehead atoms. The number of hydrogen-bond donors (Lipinski definition) is 1. The number of rotatable bonds is 5. The number of Topliss-reactive ketones (excluding diaryl/α,β-unsaturated/α-hetero) is 1. The molecule has 0 fully saturated rings. The molecule has 2 aromatic carbocycles. The first-order valence-corrected chi connectivity index (χ1v) is 6.76. The van der Waals surface area contributed by atoms with Crippen molar-refractivity contribution in [3.8, 4) is 0 Å². The van der Waals surface area contributed by atoms with Crippen LogP contribution in [0.2, 0.25) is 5.02 Å². The van der Waals surface area contributed by atoms with Gasteiger partial charge in [0, 0.05) is 28.4 Å². The Morgan fingerprint density at radius 3 is 2.43 bits per heavy atom. The van der Waals surface area contributed by atoms with Crippen LogP contribution in [-0.2, 0) is 4.74 Å². The van der Waals surface area contributed by atoms with E-state index in [-0.39, 0.29) is 16.9 Å². The highest BCUT2D eigenvalue weighted by molar-refractivity contribution is 6.30. The highest BCUT2D eigenvalue weighted by Crippen LogP contribution is 2.20. The highest BCUT2D eigenvalue weighted by atomic mass is 35.5. The van der Waals surface area contributed by atoms with E-state index < -0.39 is 23.3 Å². The van der Waals surface area contributed by atoms with Crippen LogP contribution in [0.15, 0.2) is 42.5 Å². The van der Waals surface area contributed by atoms with Crippen molar-refractivity contribution in [1.29, 1.82) is 0 Å². The molecule has 2 aromatic rings. The van der Waals surface area contributed by atoms with Crippen LogP contribution in [0.5, 0.6) is 0 Å². The third-order valence-corrected chi connectivity index (χ3v) is 3.22. The van der Waals surface area contributed by atoms with E-state index >= 15 is 0 Å². The van der Waals surface area contributed by atoms with E-state index in [9.17, 15) is 19.7 Å². The zero-order valence-corrected chi connectivity index (χ0v) is 12.4. The van der Waals surface area contributed by atoms with Crippen molar-refractivity contribution in [2.75, 3.05) is 12.3 Å². The molecule has 2 N–H and O–H groups in total. The Balaban J connectivity index is 2.07. The molecular formula is C15H11ClN2O5. The minimum absolute atomic E-state index is 0.0274. The van der Waals surface area contributed by atoms with Gasteiger partial charge in [-0.25, -0.2) is 4.79 Å². The average molecular weight is 335 g/mol. The maximum absolute atomic E-state index is 11.9. The number of esters is 1. The third-order valence-electron chi connectivity index (χ3n) is 2.97. The Morgan fingerprint density at radius 1 is 1.17 bits per heavy atom. The van der Waals surface area contributed by atoms with E-state index in [1.807, 2.05) is 0 Å². The summed E-state index contributed by atoms with van der Waals surface area (Å²) in [5.41, 5.74) is 5.50. The molecular weight excluding hydrogens is 324 g/mol. The number of carbonyl (C=O) groups excluding carboxylic acids is 2. The normalized spacial score (nSPS) is 10.1. The number of halogens is 1. The number of hydrogen-bond acceptors (Lipinski definition) is 6. The van der Waals surface area contributed by atoms with Gasteiger partial charge in [0.25, 0.3) is 5.69 Å². The molecule has 0 aliphatic rings. The van der Waals surface area contributed by atoms with Gasteiger partial charge in [-0.05, 0) is 30.3 Å². The van der Waals surface area contributed by atoms with Crippen molar-refractivity contribution in [2.45, 2.75) is 0 Å². The van der Waals surface area contributed by atoms with Crippen LogP contribution in [0.1, 0.15) is 20.7 Å². The van der Waals surface area contributed by atoms with E-state index in [4.69, 9.17) is 22.1 Å². The number of carbonyl (C=O) groups is 2.